The molecule has 1 fully saturated rings. The lowest BCUT2D eigenvalue weighted by Gasteiger charge is -2.22. The number of sulfonamides is 1. The van der Waals surface area contributed by atoms with Crippen LogP contribution >= 0.6 is 31.9 Å². The van der Waals surface area contributed by atoms with Gasteiger partial charge in [0.25, 0.3) is 0 Å². The molecule has 5 nitrogen and oxygen atoms in total. The Morgan fingerprint density at radius 3 is 2.55 bits per heavy atom. The minimum Gasteiger partial charge on any atom is -0.398 e. The molecule has 1 aliphatic heterocycles. The molecule has 0 radical (unpaired) electrons. The molecule has 2 rings (SSSR count). The highest BCUT2D eigenvalue weighted by atomic mass is 79.9. The highest BCUT2D eigenvalue weighted by molar-refractivity contribution is 9.11. The SMILES string of the molecule is Nc1cc(Br)cc(Br)c1S(=O)(=O)NCC1CCOCC1. The molecular formula is C12H16Br2N2O3S. The second kappa shape index (κ2) is 6.74. The monoisotopic (exact) mass is 426 g/mol. The molecule has 1 aromatic rings. The van der Waals surface area contributed by atoms with Gasteiger partial charge in [0, 0.05) is 28.7 Å². The number of halogens is 2. The lowest BCUT2D eigenvalue weighted by molar-refractivity contribution is 0.0678. The van der Waals surface area contributed by atoms with E-state index in [1.54, 1.807) is 12.1 Å². The van der Waals surface area contributed by atoms with E-state index in [4.69, 9.17) is 10.5 Å². The maximum Gasteiger partial charge on any atom is 0.243 e. The molecule has 0 unspecified atom stereocenters. The summed E-state index contributed by atoms with van der Waals surface area (Å²) in [5.41, 5.74) is 6.03. The molecule has 0 atom stereocenters. The third kappa shape index (κ3) is 3.94. The lowest BCUT2D eigenvalue weighted by Crippen LogP contribution is -2.32. The van der Waals surface area contributed by atoms with Gasteiger partial charge in [0.05, 0.1) is 5.69 Å². The normalized spacial score (nSPS) is 17.3. The third-order valence-corrected chi connectivity index (χ3v) is 6.09. The fraction of sp³-hybridized carbons (Fsp3) is 0.500. The quantitative estimate of drug-likeness (QED) is 0.723. The molecule has 0 amide bonds. The van der Waals surface area contributed by atoms with Crippen LogP contribution in [0.5, 0.6) is 0 Å². The topological polar surface area (TPSA) is 81.4 Å². The maximum atomic E-state index is 12.4. The smallest absolute Gasteiger partial charge is 0.243 e. The van der Waals surface area contributed by atoms with Gasteiger partial charge in [-0.2, -0.15) is 0 Å². The van der Waals surface area contributed by atoms with Crippen LogP contribution in [0.2, 0.25) is 0 Å². The minimum atomic E-state index is -3.62. The van der Waals surface area contributed by atoms with E-state index in [1.165, 1.54) is 0 Å². The zero-order valence-electron chi connectivity index (χ0n) is 10.7. The van der Waals surface area contributed by atoms with Crippen molar-refractivity contribution in [3.05, 3.63) is 21.1 Å². The maximum absolute atomic E-state index is 12.4. The third-order valence-electron chi connectivity index (χ3n) is 3.21. The van der Waals surface area contributed by atoms with Gasteiger partial charge in [-0.05, 0) is 46.8 Å². The van der Waals surface area contributed by atoms with Crippen molar-refractivity contribution >= 4 is 47.6 Å². The molecule has 1 heterocycles. The van der Waals surface area contributed by atoms with E-state index in [-0.39, 0.29) is 10.6 Å². The van der Waals surface area contributed by atoms with Crippen molar-refractivity contribution in [3.63, 3.8) is 0 Å². The summed E-state index contributed by atoms with van der Waals surface area (Å²) in [6, 6.07) is 3.24. The van der Waals surface area contributed by atoms with Gasteiger partial charge in [0.15, 0.2) is 0 Å². The van der Waals surface area contributed by atoms with Crippen molar-refractivity contribution in [2.75, 3.05) is 25.5 Å². The second-order valence-corrected chi connectivity index (χ2v) is 8.19. The Hall–Kier alpha value is -0.150. The van der Waals surface area contributed by atoms with E-state index >= 15 is 0 Å². The van der Waals surface area contributed by atoms with Crippen LogP contribution in [0.4, 0.5) is 5.69 Å². The Morgan fingerprint density at radius 1 is 1.30 bits per heavy atom. The first-order valence-corrected chi connectivity index (χ1v) is 9.29. The summed E-state index contributed by atoms with van der Waals surface area (Å²) in [6.45, 7) is 1.79. The molecule has 112 valence electrons. The molecule has 0 bridgehead atoms. The van der Waals surface area contributed by atoms with Gasteiger partial charge in [0.2, 0.25) is 10.0 Å². The molecule has 1 saturated heterocycles. The number of nitrogens with one attached hydrogen (secondary N) is 1. The summed E-state index contributed by atoms with van der Waals surface area (Å²) < 4.78 is 33.8. The van der Waals surface area contributed by atoms with Crippen LogP contribution in [-0.2, 0) is 14.8 Å². The molecular weight excluding hydrogens is 412 g/mol. The van der Waals surface area contributed by atoms with Crippen molar-refractivity contribution in [1.82, 2.24) is 4.72 Å². The standard InChI is InChI=1S/C12H16Br2N2O3S/c13-9-5-10(14)12(11(15)6-9)20(17,18)16-7-8-1-3-19-4-2-8/h5-6,8,16H,1-4,7,15H2. The molecule has 0 aliphatic carbocycles. The Labute approximate surface area is 135 Å². The van der Waals surface area contributed by atoms with E-state index in [0.717, 1.165) is 17.3 Å². The predicted molar refractivity (Wildman–Crippen MR) is 85.0 cm³/mol. The number of anilines is 1. The first-order chi connectivity index (χ1) is 9.40. The van der Waals surface area contributed by atoms with Gasteiger partial charge in [-0.3, -0.25) is 0 Å². The van der Waals surface area contributed by atoms with E-state index in [1.807, 2.05) is 0 Å². The van der Waals surface area contributed by atoms with Crippen LogP contribution in [-0.4, -0.2) is 28.2 Å². The van der Waals surface area contributed by atoms with Gasteiger partial charge < -0.3 is 10.5 Å². The largest absolute Gasteiger partial charge is 0.398 e. The number of hydrogen-bond donors (Lipinski definition) is 2. The van der Waals surface area contributed by atoms with Crippen LogP contribution in [0.15, 0.2) is 26.0 Å². The van der Waals surface area contributed by atoms with Crippen molar-refractivity contribution in [2.45, 2.75) is 17.7 Å². The van der Waals surface area contributed by atoms with Crippen molar-refractivity contribution < 1.29 is 13.2 Å². The molecule has 0 spiro atoms. The van der Waals surface area contributed by atoms with Crippen molar-refractivity contribution in [3.8, 4) is 0 Å². The summed E-state index contributed by atoms with van der Waals surface area (Å²) >= 11 is 6.53. The van der Waals surface area contributed by atoms with Gasteiger partial charge in [-0.1, -0.05) is 15.9 Å². The van der Waals surface area contributed by atoms with Crippen LogP contribution < -0.4 is 10.5 Å². The molecule has 0 aromatic heterocycles. The number of ether oxygens (including phenoxy) is 1. The summed E-state index contributed by atoms with van der Waals surface area (Å²) in [5.74, 6) is 0.314. The number of hydrogen-bond acceptors (Lipinski definition) is 4. The van der Waals surface area contributed by atoms with Crippen molar-refractivity contribution in [2.24, 2.45) is 5.92 Å². The Balaban J connectivity index is 2.14. The van der Waals surface area contributed by atoms with E-state index in [9.17, 15) is 8.42 Å². The molecule has 1 aliphatic rings. The molecule has 8 heteroatoms. The summed E-state index contributed by atoms with van der Waals surface area (Å²) in [5, 5.41) is 0. The van der Waals surface area contributed by atoms with Gasteiger partial charge in [0.1, 0.15) is 4.90 Å². The van der Waals surface area contributed by atoms with Crippen LogP contribution in [0.3, 0.4) is 0 Å². The van der Waals surface area contributed by atoms with Gasteiger partial charge in [-0.15, -0.1) is 0 Å². The number of benzene rings is 1. The van der Waals surface area contributed by atoms with E-state index in [0.29, 0.717) is 30.1 Å². The summed E-state index contributed by atoms with van der Waals surface area (Å²) in [6.07, 6.45) is 1.75. The van der Waals surface area contributed by atoms with Crippen LogP contribution in [0, 0.1) is 5.92 Å². The average Bonchev–Trinajstić information content (AvgIpc) is 2.36. The fourth-order valence-electron chi connectivity index (χ4n) is 2.11. The summed E-state index contributed by atoms with van der Waals surface area (Å²) in [7, 11) is -3.62. The first-order valence-electron chi connectivity index (χ1n) is 6.22. The molecule has 3 N–H and O–H groups in total. The van der Waals surface area contributed by atoms with Crippen LogP contribution in [0.1, 0.15) is 12.8 Å². The Bertz CT molecular complexity index is 563. The highest BCUT2D eigenvalue weighted by Crippen LogP contribution is 2.31. The predicted octanol–water partition coefficient (Wildman–Crippen LogP) is 2.50. The molecule has 1 aromatic carbocycles. The second-order valence-electron chi connectivity index (χ2n) is 4.71. The fourth-order valence-corrected chi connectivity index (χ4v) is 5.30. The van der Waals surface area contributed by atoms with Gasteiger partial charge in [-0.25, -0.2) is 13.1 Å². The Kier molecular flexibility index (Phi) is 5.47. The molecule has 0 saturated carbocycles. The summed E-state index contributed by atoms with van der Waals surface area (Å²) in [4.78, 5) is 0.0905. The number of nitrogen functional groups attached to an aromatic ring is 1. The highest BCUT2D eigenvalue weighted by Gasteiger charge is 2.23. The van der Waals surface area contributed by atoms with Crippen LogP contribution in [0.25, 0.3) is 0 Å². The minimum absolute atomic E-state index is 0.0905. The Morgan fingerprint density at radius 2 is 1.95 bits per heavy atom. The molecule has 20 heavy (non-hydrogen) atoms. The lowest BCUT2D eigenvalue weighted by atomic mass is 10.0. The number of nitrogens with two attached hydrogens (primary N) is 1. The first kappa shape index (κ1) is 16.2. The number of rotatable bonds is 4. The zero-order chi connectivity index (χ0) is 14.8. The van der Waals surface area contributed by atoms with Gasteiger partial charge >= 0.3 is 0 Å². The van der Waals surface area contributed by atoms with Crippen molar-refractivity contribution in [1.29, 1.82) is 0 Å². The van der Waals surface area contributed by atoms with E-state index in [2.05, 4.69) is 36.6 Å². The van der Waals surface area contributed by atoms with E-state index < -0.39 is 10.0 Å². The average molecular weight is 428 g/mol. The zero-order valence-corrected chi connectivity index (χ0v) is 14.7.